The minimum absolute atomic E-state index is 0.329. The van der Waals surface area contributed by atoms with E-state index in [1.807, 2.05) is 0 Å². The van der Waals surface area contributed by atoms with Crippen molar-refractivity contribution in [3.63, 3.8) is 0 Å². The van der Waals surface area contributed by atoms with Gasteiger partial charge in [-0.15, -0.1) is 0 Å². The third-order valence-corrected chi connectivity index (χ3v) is 4.09. The summed E-state index contributed by atoms with van der Waals surface area (Å²) in [5, 5.41) is 0. The quantitative estimate of drug-likeness (QED) is 0.774. The number of rotatable bonds is 2. The fourth-order valence-corrected chi connectivity index (χ4v) is 3.20. The lowest BCUT2D eigenvalue weighted by Crippen LogP contribution is -2.38. The predicted molar refractivity (Wildman–Crippen MR) is 64.8 cm³/mol. The van der Waals surface area contributed by atoms with E-state index >= 15 is 0 Å². The van der Waals surface area contributed by atoms with Crippen LogP contribution in [-0.2, 0) is 4.79 Å². The topological polar surface area (TPSA) is 46.3 Å². The molecule has 3 nitrogen and oxygen atoms in total. The number of nitrogens with zero attached hydrogens (tertiary/aromatic N) is 1. The molecular weight excluding hydrogens is 200 g/mol. The van der Waals surface area contributed by atoms with Crippen LogP contribution >= 0.6 is 0 Å². The van der Waals surface area contributed by atoms with Gasteiger partial charge in [-0.1, -0.05) is 20.3 Å². The first-order valence-electron chi connectivity index (χ1n) is 6.61. The first-order valence-corrected chi connectivity index (χ1v) is 6.61. The summed E-state index contributed by atoms with van der Waals surface area (Å²) >= 11 is 0. The maximum atomic E-state index is 12.0. The second-order valence-corrected chi connectivity index (χ2v) is 5.92. The molecule has 2 N–H and O–H groups in total. The maximum absolute atomic E-state index is 12.0. The number of carbonyl (C=O) groups excluding carboxylic acids is 1. The summed E-state index contributed by atoms with van der Waals surface area (Å²) in [5.41, 5.74) is 6.15. The zero-order valence-electron chi connectivity index (χ0n) is 10.5. The summed E-state index contributed by atoms with van der Waals surface area (Å²) in [6.07, 6.45) is 4.35. The van der Waals surface area contributed by atoms with Gasteiger partial charge in [0.1, 0.15) is 0 Å². The fourth-order valence-electron chi connectivity index (χ4n) is 3.20. The number of likely N-dealkylation sites (tertiary alicyclic amines) is 1. The summed E-state index contributed by atoms with van der Waals surface area (Å²) in [6.45, 7) is 6.08. The van der Waals surface area contributed by atoms with Crippen LogP contribution in [0.4, 0.5) is 0 Å². The van der Waals surface area contributed by atoms with Crippen molar-refractivity contribution in [2.24, 2.45) is 23.5 Å². The van der Waals surface area contributed by atoms with Crippen LogP contribution in [0, 0.1) is 17.8 Å². The van der Waals surface area contributed by atoms with Crippen molar-refractivity contribution in [2.45, 2.75) is 45.6 Å². The average Bonchev–Trinajstić information content (AvgIpc) is 2.61. The van der Waals surface area contributed by atoms with Crippen LogP contribution in [0.5, 0.6) is 0 Å². The van der Waals surface area contributed by atoms with Crippen LogP contribution in [0.2, 0.25) is 0 Å². The van der Waals surface area contributed by atoms with E-state index in [4.69, 9.17) is 5.73 Å². The SMILES string of the molecule is CC(C)CC(=O)N1CC2CCCC(N)C2C1. The van der Waals surface area contributed by atoms with E-state index in [1.165, 1.54) is 12.8 Å². The molecule has 0 aromatic rings. The molecule has 3 unspecified atom stereocenters. The third kappa shape index (κ3) is 2.40. The number of hydrogen-bond donors (Lipinski definition) is 1. The summed E-state index contributed by atoms with van der Waals surface area (Å²) in [7, 11) is 0. The van der Waals surface area contributed by atoms with Crippen LogP contribution in [0.15, 0.2) is 0 Å². The highest BCUT2D eigenvalue weighted by molar-refractivity contribution is 5.76. The monoisotopic (exact) mass is 224 g/mol. The van der Waals surface area contributed by atoms with Crippen LogP contribution in [0.25, 0.3) is 0 Å². The predicted octanol–water partition coefficient (Wildman–Crippen LogP) is 1.62. The van der Waals surface area contributed by atoms with E-state index in [1.54, 1.807) is 0 Å². The van der Waals surface area contributed by atoms with E-state index < -0.39 is 0 Å². The van der Waals surface area contributed by atoms with E-state index in [-0.39, 0.29) is 0 Å². The van der Waals surface area contributed by atoms with Crippen molar-refractivity contribution >= 4 is 5.91 Å². The Morgan fingerprint density at radius 2 is 2.12 bits per heavy atom. The second-order valence-electron chi connectivity index (χ2n) is 5.92. The molecule has 0 radical (unpaired) electrons. The molecule has 1 saturated carbocycles. The first kappa shape index (κ1) is 11.9. The van der Waals surface area contributed by atoms with Crippen molar-refractivity contribution in [3.8, 4) is 0 Å². The molecule has 1 aliphatic heterocycles. The van der Waals surface area contributed by atoms with Gasteiger partial charge < -0.3 is 10.6 Å². The van der Waals surface area contributed by atoms with Gasteiger partial charge >= 0.3 is 0 Å². The molecule has 0 spiro atoms. The van der Waals surface area contributed by atoms with E-state index in [0.29, 0.717) is 36.1 Å². The minimum atomic E-state index is 0.329. The van der Waals surface area contributed by atoms with Crippen LogP contribution in [-0.4, -0.2) is 29.9 Å². The molecule has 3 atom stereocenters. The molecule has 1 heterocycles. The lowest BCUT2D eigenvalue weighted by Gasteiger charge is -2.29. The lowest BCUT2D eigenvalue weighted by molar-refractivity contribution is -0.131. The third-order valence-electron chi connectivity index (χ3n) is 4.09. The molecule has 2 rings (SSSR count). The average molecular weight is 224 g/mol. The highest BCUT2D eigenvalue weighted by atomic mass is 16.2. The molecule has 92 valence electrons. The van der Waals surface area contributed by atoms with Crippen molar-refractivity contribution < 1.29 is 4.79 Å². The number of fused-ring (bicyclic) bond motifs is 1. The molecular formula is C13H24N2O. The molecule has 0 bridgehead atoms. The Labute approximate surface area is 98.4 Å². The van der Waals surface area contributed by atoms with Gasteiger partial charge in [-0.2, -0.15) is 0 Å². The van der Waals surface area contributed by atoms with E-state index in [9.17, 15) is 4.79 Å². The molecule has 2 fully saturated rings. The lowest BCUT2D eigenvalue weighted by atomic mass is 9.78. The largest absolute Gasteiger partial charge is 0.342 e. The highest BCUT2D eigenvalue weighted by Gasteiger charge is 2.40. The van der Waals surface area contributed by atoms with Gasteiger partial charge in [0.15, 0.2) is 0 Å². The highest BCUT2D eigenvalue weighted by Crippen LogP contribution is 2.35. The second kappa shape index (κ2) is 4.74. The van der Waals surface area contributed by atoms with Crippen LogP contribution in [0.3, 0.4) is 0 Å². The minimum Gasteiger partial charge on any atom is -0.342 e. The van der Waals surface area contributed by atoms with Gasteiger partial charge in [-0.25, -0.2) is 0 Å². The van der Waals surface area contributed by atoms with Gasteiger partial charge in [0, 0.05) is 25.6 Å². The fraction of sp³-hybridized carbons (Fsp3) is 0.923. The summed E-state index contributed by atoms with van der Waals surface area (Å²) in [6, 6.07) is 0.329. The molecule has 2 aliphatic rings. The molecule has 1 saturated heterocycles. The summed E-state index contributed by atoms with van der Waals surface area (Å²) in [5.74, 6) is 2.05. The number of nitrogens with two attached hydrogens (primary N) is 1. The normalized spacial score (nSPS) is 34.2. The van der Waals surface area contributed by atoms with Crippen molar-refractivity contribution in [2.75, 3.05) is 13.1 Å². The Hall–Kier alpha value is -0.570. The zero-order chi connectivity index (χ0) is 11.7. The maximum Gasteiger partial charge on any atom is 0.222 e. The standard InChI is InChI=1S/C13H24N2O/c1-9(2)6-13(16)15-7-10-4-3-5-12(14)11(10)8-15/h9-12H,3-8,14H2,1-2H3. The van der Waals surface area contributed by atoms with E-state index in [2.05, 4.69) is 18.7 Å². The first-order chi connectivity index (χ1) is 7.58. The van der Waals surface area contributed by atoms with Crippen LogP contribution in [0.1, 0.15) is 39.5 Å². The number of hydrogen-bond acceptors (Lipinski definition) is 2. The van der Waals surface area contributed by atoms with Crippen LogP contribution < -0.4 is 5.73 Å². The number of carbonyl (C=O) groups is 1. The zero-order valence-corrected chi connectivity index (χ0v) is 10.5. The van der Waals surface area contributed by atoms with Gasteiger partial charge in [-0.3, -0.25) is 4.79 Å². The number of amides is 1. The Morgan fingerprint density at radius 3 is 2.75 bits per heavy atom. The van der Waals surface area contributed by atoms with Gasteiger partial charge in [0.05, 0.1) is 0 Å². The van der Waals surface area contributed by atoms with Crippen molar-refractivity contribution in [1.29, 1.82) is 0 Å². The van der Waals surface area contributed by atoms with Gasteiger partial charge in [0.25, 0.3) is 0 Å². The molecule has 1 aliphatic carbocycles. The summed E-state index contributed by atoms with van der Waals surface area (Å²) in [4.78, 5) is 14.0. The van der Waals surface area contributed by atoms with Crippen molar-refractivity contribution in [1.82, 2.24) is 4.90 Å². The Kier molecular flexibility index (Phi) is 3.53. The van der Waals surface area contributed by atoms with Crippen molar-refractivity contribution in [3.05, 3.63) is 0 Å². The molecule has 1 amide bonds. The smallest absolute Gasteiger partial charge is 0.222 e. The molecule has 0 aromatic carbocycles. The Morgan fingerprint density at radius 1 is 1.38 bits per heavy atom. The summed E-state index contributed by atoms with van der Waals surface area (Å²) < 4.78 is 0. The Balaban J connectivity index is 1.93. The molecule has 3 heteroatoms. The molecule has 16 heavy (non-hydrogen) atoms. The Bertz CT molecular complexity index is 265. The van der Waals surface area contributed by atoms with Gasteiger partial charge in [0.2, 0.25) is 5.91 Å². The van der Waals surface area contributed by atoms with Gasteiger partial charge in [-0.05, 0) is 30.6 Å². The van der Waals surface area contributed by atoms with E-state index in [0.717, 1.165) is 19.5 Å². The molecule has 0 aromatic heterocycles.